The van der Waals surface area contributed by atoms with E-state index in [1.807, 2.05) is 24.3 Å². The fraction of sp³-hybridized carbons (Fsp3) is 0.571. The van der Waals surface area contributed by atoms with Gasteiger partial charge in [-0.05, 0) is 42.7 Å². The number of esters is 1. The molecule has 1 saturated carbocycles. The molecule has 1 saturated heterocycles. The number of ether oxygens (including phenoxy) is 3. The number of halogens is 1. The van der Waals surface area contributed by atoms with Gasteiger partial charge >= 0.3 is 5.97 Å². The Hall–Kier alpha value is -1.33. The Bertz CT molecular complexity index is 652. The first-order valence-corrected chi connectivity index (χ1v) is 10.2. The molecule has 2 fully saturated rings. The minimum absolute atomic E-state index is 0.00677. The monoisotopic (exact) mass is 422 g/mol. The molecule has 0 amide bonds. The second kappa shape index (κ2) is 8.57. The van der Waals surface area contributed by atoms with Crippen molar-refractivity contribution in [2.75, 3.05) is 6.61 Å². The largest absolute Gasteiger partial charge is 0.462 e. The van der Waals surface area contributed by atoms with Gasteiger partial charge < -0.3 is 14.2 Å². The average molecular weight is 423 g/mol. The Morgan fingerprint density at radius 2 is 2.00 bits per heavy atom. The molecule has 4 nitrogen and oxygen atoms in total. The van der Waals surface area contributed by atoms with Crippen LogP contribution in [0, 0.1) is 17.8 Å². The van der Waals surface area contributed by atoms with Crippen LogP contribution >= 0.6 is 15.9 Å². The van der Waals surface area contributed by atoms with Crippen molar-refractivity contribution in [3.63, 3.8) is 0 Å². The van der Waals surface area contributed by atoms with Crippen LogP contribution in [-0.2, 0) is 19.0 Å². The highest BCUT2D eigenvalue weighted by atomic mass is 79.9. The van der Waals surface area contributed by atoms with Gasteiger partial charge in [0.1, 0.15) is 18.5 Å². The van der Waals surface area contributed by atoms with Crippen molar-refractivity contribution in [3.05, 3.63) is 46.1 Å². The van der Waals surface area contributed by atoms with Crippen LogP contribution in [0.2, 0.25) is 0 Å². The summed E-state index contributed by atoms with van der Waals surface area (Å²) in [6, 6.07) is 7.75. The van der Waals surface area contributed by atoms with Gasteiger partial charge in [-0.15, -0.1) is 0 Å². The number of hydrogen-bond acceptors (Lipinski definition) is 4. The molecule has 3 rings (SSSR count). The fourth-order valence-corrected chi connectivity index (χ4v) is 4.05. The summed E-state index contributed by atoms with van der Waals surface area (Å²) < 4.78 is 18.2. The van der Waals surface area contributed by atoms with Crippen molar-refractivity contribution < 1.29 is 19.0 Å². The minimum Gasteiger partial charge on any atom is -0.462 e. The maximum atomic E-state index is 12.4. The molecule has 0 bridgehead atoms. The van der Waals surface area contributed by atoms with Crippen molar-refractivity contribution in [1.29, 1.82) is 0 Å². The maximum absolute atomic E-state index is 12.4. The summed E-state index contributed by atoms with van der Waals surface area (Å²) in [5.74, 6) is 1.74. The van der Waals surface area contributed by atoms with Gasteiger partial charge in [0.05, 0.1) is 6.08 Å². The van der Waals surface area contributed by atoms with Gasteiger partial charge in [-0.1, -0.05) is 55.3 Å². The topological polar surface area (TPSA) is 44.8 Å². The molecule has 1 aromatic rings. The summed E-state index contributed by atoms with van der Waals surface area (Å²) in [5.41, 5.74) is 0.922. The molecular formula is C21H27BrO4. The molecule has 1 heterocycles. The highest BCUT2D eigenvalue weighted by Crippen LogP contribution is 2.36. The lowest BCUT2D eigenvalue weighted by atomic mass is 9.75. The van der Waals surface area contributed by atoms with Gasteiger partial charge in [-0.3, -0.25) is 0 Å². The van der Waals surface area contributed by atoms with Crippen LogP contribution in [0.4, 0.5) is 0 Å². The van der Waals surface area contributed by atoms with Crippen LogP contribution in [0.3, 0.4) is 0 Å². The smallest absolute Gasteiger partial charge is 0.334 e. The van der Waals surface area contributed by atoms with E-state index < -0.39 is 6.29 Å². The summed E-state index contributed by atoms with van der Waals surface area (Å²) in [5, 5.41) is 0. The molecule has 0 aromatic heterocycles. The lowest BCUT2D eigenvalue weighted by Crippen LogP contribution is -2.35. The van der Waals surface area contributed by atoms with Crippen LogP contribution in [0.25, 0.3) is 0 Å². The van der Waals surface area contributed by atoms with Crippen LogP contribution < -0.4 is 0 Å². The van der Waals surface area contributed by atoms with Crippen molar-refractivity contribution in [2.24, 2.45) is 17.8 Å². The molecule has 0 spiro atoms. The van der Waals surface area contributed by atoms with E-state index in [1.54, 1.807) is 0 Å². The molecule has 5 heteroatoms. The van der Waals surface area contributed by atoms with E-state index in [2.05, 4.69) is 36.7 Å². The Morgan fingerprint density at radius 3 is 2.69 bits per heavy atom. The molecule has 2 aliphatic rings. The molecular weight excluding hydrogens is 396 g/mol. The molecule has 142 valence electrons. The summed E-state index contributed by atoms with van der Waals surface area (Å²) in [7, 11) is 0. The van der Waals surface area contributed by atoms with Gasteiger partial charge in [-0.2, -0.15) is 0 Å². The number of carbonyl (C=O) groups excluding carboxylic acids is 1. The molecule has 0 radical (unpaired) electrons. The first-order valence-electron chi connectivity index (χ1n) is 9.37. The Labute approximate surface area is 164 Å². The lowest BCUT2D eigenvalue weighted by Gasteiger charge is -2.36. The van der Waals surface area contributed by atoms with Gasteiger partial charge in [0, 0.05) is 10.0 Å². The molecule has 0 N–H and O–H groups in total. The van der Waals surface area contributed by atoms with Crippen LogP contribution in [0.15, 0.2) is 40.6 Å². The highest BCUT2D eigenvalue weighted by Gasteiger charge is 2.33. The summed E-state index contributed by atoms with van der Waals surface area (Å²) >= 11 is 3.41. The maximum Gasteiger partial charge on any atom is 0.334 e. The molecule has 1 aromatic carbocycles. The number of benzene rings is 1. The van der Waals surface area contributed by atoms with Crippen LogP contribution in [0.5, 0.6) is 0 Å². The van der Waals surface area contributed by atoms with E-state index in [1.165, 1.54) is 12.5 Å². The molecule has 4 atom stereocenters. The number of rotatable bonds is 4. The van der Waals surface area contributed by atoms with Crippen LogP contribution in [-0.4, -0.2) is 18.7 Å². The van der Waals surface area contributed by atoms with E-state index in [4.69, 9.17) is 14.2 Å². The van der Waals surface area contributed by atoms with Crippen molar-refractivity contribution in [2.45, 2.75) is 52.4 Å². The van der Waals surface area contributed by atoms with Crippen molar-refractivity contribution in [3.8, 4) is 0 Å². The van der Waals surface area contributed by atoms with Gasteiger partial charge in [0.25, 0.3) is 0 Å². The fourth-order valence-electron chi connectivity index (χ4n) is 3.79. The standard InChI is InChI=1S/C21H27BrO4/c1-13(2)18-9-4-14(3)10-19(18)26-20(23)11-17-12-24-21(25-17)15-5-7-16(22)8-6-15/h5-8,11,13-14,18-19,21H,4,9-10,12H2,1-3H3/b17-11-/t14-,18+,19-,21?/m1/s1. The molecule has 1 aliphatic carbocycles. The minimum atomic E-state index is -0.472. The third-order valence-corrected chi connectivity index (χ3v) is 5.81. The third kappa shape index (κ3) is 4.89. The first-order chi connectivity index (χ1) is 12.4. The van der Waals surface area contributed by atoms with Crippen molar-refractivity contribution in [1.82, 2.24) is 0 Å². The van der Waals surface area contributed by atoms with Crippen molar-refractivity contribution >= 4 is 21.9 Å². The van der Waals surface area contributed by atoms with Crippen LogP contribution in [0.1, 0.15) is 51.9 Å². The zero-order valence-corrected chi connectivity index (χ0v) is 17.2. The van der Waals surface area contributed by atoms with E-state index in [0.29, 0.717) is 23.5 Å². The second-order valence-electron chi connectivity index (χ2n) is 7.72. The zero-order chi connectivity index (χ0) is 18.7. The third-order valence-electron chi connectivity index (χ3n) is 5.29. The quantitative estimate of drug-likeness (QED) is 0.482. The summed E-state index contributed by atoms with van der Waals surface area (Å²) in [6.07, 6.45) is 4.24. The predicted molar refractivity (Wildman–Crippen MR) is 103 cm³/mol. The number of carbonyl (C=O) groups is 1. The second-order valence-corrected chi connectivity index (χ2v) is 8.64. The lowest BCUT2D eigenvalue weighted by molar-refractivity contribution is -0.150. The van der Waals surface area contributed by atoms with Gasteiger partial charge in [0.2, 0.25) is 6.29 Å². The van der Waals surface area contributed by atoms with Gasteiger partial charge in [0.15, 0.2) is 0 Å². The Balaban J connectivity index is 1.59. The average Bonchev–Trinajstić information content (AvgIpc) is 3.03. The number of hydrogen-bond donors (Lipinski definition) is 0. The Kier molecular flexibility index (Phi) is 6.41. The molecule has 1 aliphatic heterocycles. The van der Waals surface area contributed by atoms with E-state index >= 15 is 0 Å². The Morgan fingerprint density at radius 1 is 1.27 bits per heavy atom. The zero-order valence-electron chi connectivity index (χ0n) is 15.6. The predicted octanol–water partition coefficient (Wildman–Crippen LogP) is 5.38. The first kappa shape index (κ1) is 19.4. The van der Waals surface area contributed by atoms with E-state index in [0.717, 1.165) is 22.9 Å². The normalized spacial score (nSPS) is 30.4. The SMILES string of the molecule is CC(C)[C@@H]1CC[C@@H](C)C[C@H]1OC(=O)/C=C1/COC(c2ccc(Br)cc2)O1. The van der Waals surface area contributed by atoms with Gasteiger partial charge in [-0.25, -0.2) is 4.79 Å². The summed E-state index contributed by atoms with van der Waals surface area (Å²) in [4.78, 5) is 12.4. The molecule has 26 heavy (non-hydrogen) atoms. The molecule has 1 unspecified atom stereocenters. The van der Waals surface area contributed by atoms with E-state index in [9.17, 15) is 4.79 Å². The van der Waals surface area contributed by atoms with E-state index in [-0.39, 0.29) is 18.7 Å². The summed E-state index contributed by atoms with van der Waals surface area (Å²) in [6.45, 7) is 6.92. The highest BCUT2D eigenvalue weighted by molar-refractivity contribution is 9.10.